The Bertz CT molecular complexity index is 212. The van der Waals surface area contributed by atoms with Crippen molar-refractivity contribution in [2.45, 2.75) is 25.5 Å². The van der Waals surface area contributed by atoms with Crippen LogP contribution in [0.5, 0.6) is 0 Å². The SMILES string of the molecule is COCC1CN(C(=O)CC(C)N)CCO1.Cl. The molecule has 0 saturated carbocycles. The first-order valence-corrected chi connectivity index (χ1v) is 5.27. The van der Waals surface area contributed by atoms with Crippen LogP contribution in [0, 0.1) is 0 Å². The highest BCUT2D eigenvalue weighted by atomic mass is 35.5. The Kier molecular flexibility index (Phi) is 7.66. The van der Waals surface area contributed by atoms with Gasteiger partial charge in [0, 0.05) is 32.7 Å². The number of ether oxygens (including phenoxy) is 2. The molecule has 16 heavy (non-hydrogen) atoms. The van der Waals surface area contributed by atoms with Gasteiger partial charge in [0.1, 0.15) is 0 Å². The summed E-state index contributed by atoms with van der Waals surface area (Å²) in [6.45, 7) is 4.22. The van der Waals surface area contributed by atoms with E-state index in [2.05, 4.69) is 0 Å². The minimum atomic E-state index is -0.0822. The van der Waals surface area contributed by atoms with Crippen LogP contribution in [-0.4, -0.2) is 56.4 Å². The molecular formula is C10H21ClN2O3. The largest absolute Gasteiger partial charge is 0.382 e. The first-order chi connectivity index (χ1) is 7.13. The van der Waals surface area contributed by atoms with Gasteiger partial charge < -0.3 is 20.1 Å². The molecule has 96 valence electrons. The number of carbonyl (C=O) groups excluding carboxylic acids is 1. The maximum atomic E-state index is 11.7. The van der Waals surface area contributed by atoms with E-state index < -0.39 is 0 Å². The molecule has 0 spiro atoms. The van der Waals surface area contributed by atoms with Gasteiger partial charge in [0.05, 0.1) is 19.3 Å². The lowest BCUT2D eigenvalue weighted by atomic mass is 10.2. The third-order valence-electron chi connectivity index (χ3n) is 2.34. The first kappa shape index (κ1) is 15.6. The molecule has 0 aromatic carbocycles. The molecule has 2 unspecified atom stereocenters. The first-order valence-electron chi connectivity index (χ1n) is 5.27. The average Bonchev–Trinajstić information content (AvgIpc) is 2.17. The predicted molar refractivity (Wildman–Crippen MR) is 63.7 cm³/mol. The molecule has 1 saturated heterocycles. The topological polar surface area (TPSA) is 64.8 Å². The lowest BCUT2D eigenvalue weighted by Crippen LogP contribution is -2.48. The minimum Gasteiger partial charge on any atom is -0.382 e. The zero-order valence-electron chi connectivity index (χ0n) is 9.85. The Morgan fingerprint density at radius 2 is 2.38 bits per heavy atom. The van der Waals surface area contributed by atoms with Crippen molar-refractivity contribution in [2.24, 2.45) is 5.73 Å². The average molecular weight is 253 g/mol. The number of nitrogens with two attached hydrogens (primary N) is 1. The van der Waals surface area contributed by atoms with Gasteiger partial charge in [-0.25, -0.2) is 0 Å². The van der Waals surface area contributed by atoms with E-state index in [0.717, 1.165) is 0 Å². The maximum Gasteiger partial charge on any atom is 0.224 e. The lowest BCUT2D eigenvalue weighted by molar-refractivity contribution is -0.141. The van der Waals surface area contributed by atoms with Gasteiger partial charge in [-0.2, -0.15) is 0 Å². The van der Waals surface area contributed by atoms with E-state index in [-0.39, 0.29) is 30.5 Å². The van der Waals surface area contributed by atoms with Gasteiger partial charge >= 0.3 is 0 Å². The van der Waals surface area contributed by atoms with E-state index >= 15 is 0 Å². The fourth-order valence-corrected chi connectivity index (χ4v) is 1.64. The predicted octanol–water partition coefficient (Wildman–Crippen LogP) is 0.0193. The number of halogens is 1. The molecule has 0 bridgehead atoms. The Hall–Kier alpha value is -0.360. The van der Waals surface area contributed by atoms with Crippen molar-refractivity contribution in [2.75, 3.05) is 33.4 Å². The number of rotatable bonds is 4. The van der Waals surface area contributed by atoms with Crippen molar-refractivity contribution in [1.82, 2.24) is 4.90 Å². The van der Waals surface area contributed by atoms with Crippen molar-refractivity contribution in [3.63, 3.8) is 0 Å². The summed E-state index contributed by atoms with van der Waals surface area (Å²) in [6, 6.07) is -0.0822. The third-order valence-corrected chi connectivity index (χ3v) is 2.34. The highest BCUT2D eigenvalue weighted by Gasteiger charge is 2.24. The molecule has 0 aliphatic carbocycles. The summed E-state index contributed by atoms with van der Waals surface area (Å²) < 4.78 is 10.5. The summed E-state index contributed by atoms with van der Waals surface area (Å²) in [6.07, 6.45) is 0.403. The second kappa shape index (κ2) is 7.84. The zero-order valence-corrected chi connectivity index (χ0v) is 10.7. The standard InChI is InChI=1S/C10H20N2O3.ClH/c1-8(11)5-10(13)12-3-4-15-9(6-12)7-14-2;/h8-9H,3-7,11H2,1-2H3;1H. The van der Waals surface area contributed by atoms with Crippen LogP contribution in [0.4, 0.5) is 0 Å². The normalized spacial score (nSPS) is 22.4. The number of hydrogen-bond acceptors (Lipinski definition) is 4. The number of carbonyl (C=O) groups is 1. The molecule has 0 aromatic rings. The minimum absolute atomic E-state index is 0. The Morgan fingerprint density at radius 1 is 1.69 bits per heavy atom. The van der Waals surface area contributed by atoms with Gasteiger partial charge in [0.25, 0.3) is 0 Å². The van der Waals surface area contributed by atoms with Gasteiger partial charge in [0.15, 0.2) is 0 Å². The molecule has 1 amide bonds. The summed E-state index contributed by atoms with van der Waals surface area (Å²) in [5.41, 5.74) is 5.59. The fraction of sp³-hybridized carbons (Fsp3) is 0.900. The maximum absolute atomic E-state index is 11.7. The number of methoxy groups -OCH3 is 1. The summed E-state index contributed by atoms with van der Waals surface area (Å²) in [4.78, 5) is 13.5. The Balaban J connectivity index is 0.00000225. The van der Waals surface area contributed by atoms with E-state index in [4.69, 9.17) is 15.2 Å². The van der Waals surface area contributed by atoms with E-state index in [1.807, 2.05) is 6.92 Å². The summed E-state index contributed by atoms with van der Waals surface area (Å²) in [5.74, 6) is 0.106. The van der Waals surface area contributed by atoms with Crippen LogP contribution in [0.15, 0.2) is 0 Å². The Labute approximate surface area is 103 Å². The molecule has 0 aromatic heterocycles. The molecule has 2 atom stereocenters. The van der Waals surface area contributed by atoms with Crippen molar-refractivity contribution in [1.29, 1.82) is 0 Å². The second-order valence-corrected chi connectivity index (χ2v) is 3.97. The van der Waals surface area contributed by atoms with Gasteiger partial charge in [0.2, 0.25) is 5.91 Å². The highest BCUT2D eigenvalue weighted by molar-refractivity contribution is 5.85. The molecule has 0 radical (unpaired) electrons. The van der Waals surface area contributed by atoms with E-state index in [0.29, 0.717) is 32.7 Å². The van der Waals surface area contributed by atoms with Crippen molar-refractivity contribution < 1.29 is 14.3 Å². The van der Waals surface area contributed by atoms with Gasteiger partial charge in [-0.3, -0.25) is 4.79 Å². The molecule has 5 nitrogen and oxygen atoms in total. The van der Waals surface area contributed by atoms with Crippen LogP contribution >= 0.6 is 12.4 Å². The Morgan fingerprint density at radius 3 is 2.94 bits per heavy atom. The van der Waals surface area contributed by atoms with Gasteiger partial charge in [-0.1, -0.05) is 0 Å². The van der Waals surface area contributed by atoms with Crippen LogP contribution in [0.2, 0.25) is 0 Å². The van der Waals surface area contributed by atoms with Crippen LogP contribution < -0.4 is 5.73 Å². The molecule has 1 fully saturated rings. The van der Waals surface area contributed by atoms with E-state index in [1.54, 1.807) is 12.0 Å². The molecule has 6 heteroatoms. The van der Waals surface area contributed by atoms with Crippen molar-refractivity contribution in [3.05, 3.63) is 0 Å². The fourth-order valence-electron chi connectivity index (χ4n) is 1.64. The van der Waals surface area contributed by atoms with Crippen LogP contribution in [0.25, 0.3) is 0 Å². The number of amides is 1. The summed E-state index contributed by atoms with van der Waals surface area (Å²) in [5, 5.41) is 0. The number of morpholine rings is 1. The molecule has 1 aliphatic rings. The van der Waals surface area contributed by atoms with E-state index in [9.17, 15) is 4.79 Å². The van der Waals surface area contributed by atoms with Crippen molar-refractivity contribution in [3.8, 4) is 0 Å². The van der Waals surface area contributed by atoms with E-state index in [1.165, 1.54) is 0 Å². The summed E-state index contributed by atoms with van der Waals surface area (Å²) >= 11 is 0. The highest BCUT2D eigenvalue weighted by Crippen LogP contribution is 2.07. The number of nitrogens with zero attached hydrogens (tertiary/aromatic N) is 1. The number of hydrogen-bond donors (Lipinski definition) is 1. The van der Waals surface area contributed by atoms with Crippen molar-refractivity contribution >= 4 is 18.3 Å². The van der Waals surface area contributed by atoms with Gasteiger partial charge in [-0.15, -0.1) is 12.4 Å². The molecule has 1 rings (SSSR count). The molecule has 2 N–H and O–H groups in total. The van der Waals surface area contributed by atoms with Crippen LogP contribution in [-0.2, 0) is 14.3 Å². The summed E-state index contributed by atoms with van der Waals surface area (Å²) in [7, 11) is 1.63. The van der Waals surface area contributed by atoms with Crippen LogP contribution in [0.3, 0.4) is 0 Å². The molecule has 1 heterocycles. The van der Waals surface area contributed by atoms with Gasteiger partial charge in [-0.05, 0) is 6.92 Å². The molecule has 1 aliphatic heterocycles. The zero-order chi connectivity index (χ0) is 11.3. The molecular weight excluding hydrogens is 232 g/mol. The lowest BCUT2D eigenvalue weighted by Gasteiger charge is -2.33. The van der Waals surface area contributed by atoms with Crippen LogP contribution in [0.1, 0.15) is 13.3 Å². The second-order valence-electron chi connectivity index (χ2n) is 3.97. The quantitative estimate of drug-likeness (QED) is 0.766. The smallest absolute Gasteiger partial charge is 0.224 e. The third kappa shape index (κ3) is 5.12. The monoisotopic (exact) mass is 252 g/mol.